The van der Waals surface area contributed by atoms with Crippen molar-refractivity contribution in [2.24, 2.45) is 0 Å². The number of hydrogen-bond acceptors (Lipinski definition) is 4. The number of aromatic nitrogens is 3. The van der Waals surface area contributed by atoms with Gasteiger partial charge < -0.3 is 4.74 Å². The topological polar surface area (TPSA) is 39.9 Å². The van der Waals surface area contributed by atoms with Gasteiger partial charge in [0.25, 0.3) is 0 Å². The van der Waals surface area contributed by atoms with Gasteiger partial charge >= 0.3 is 0 Å². The molecule has 4 nitrogen and oxygen atoms in total. The van der Waals surface area contributed by atoms with Crippen LogP contribution in [0.15, 0.2) is 29.4 Å². The zero-order chi connectivity index (χ0) is 14.4. The number of rotatable bonds is 3. The van der Waals surface area contributed by atoms with E-state index in [0.717, 1.165) is 5.56 Å². The van der Waals surface area contributed by atoms with Gasteiger partial charge in [0.15, 0.2) is 12.0 Å². The van der Waals surface area contributed by atoms with E-state index in [1.54, 1.807) is 16.8 Å². The van der Waals surface area contributed by atoms with E-state index in [9.17, 15) is 8.78 Å². The summed E-state index contributed by atoms with van der Waals surface area (Å²) < 4.78 is 34.2. The molecule has 2 unspecified atom stereocenters. The highest BCUT2D eigenvalue weighted by Gasteiger charge is 2.36. The van der Waals surface area contributed by atoms with Gasteiger partial charge in [-0.15, -0.1) is 5.10 Å². The Kier molecular flexibility index (Phi) is 3.19. The SMILES string of the molecule is Fc1cccc(C2CC(F)c3nc(SC4COC4)nn32)c1. The second-order valence-corrected chi connectivity index (χ2v) is 6.52. The highest BCUT2D eigenvalue weighted by atomic mass is 32.2. The fourth-order valence-corrected chi connectivity index (χ4v) is 3.54. The summed E-state index contributed by atoms with van der Waals surface area (Å²) in [6.45, 7) is 1.36. The van der Waals surface area contributed by atoms with Crippen LogP contribution in [0.25, 0.3) is 0 Å². The Morgan fingerprint density at radius 2 is 2.19 bits per heavy atom. The van der Waals surface area contributed by atoms with Crippen molar-refractivity contribution in [1.29, 1.82) is 0 Å². The molecule has 1 saturated heterocycles. The van der Waals surface area contributed by atoms with E-state index in [2.05, 4.69) is 10.1 Å². The largest absolute Gasteiger partial charge is 0.379 e. The number of benzene rings is 1. The molecule has 1 fully saturated rings. The molecule has 0 aliphatic carbocycles. The molecular formula is C14H13F2N3OS. The molecule has 2 atom stereocenters. The molecule has 1 aromatic heterocycles. The summed E-state index contributed by atoms with van der Waals surface area (Å²) in [5, 5.41) is 5.32. The number of halogens is 2. The highest BCUT2D eigenvalue weighted by molar-refractivity contribution is 7.99. The molecule has 0 bridgehead atoms. The summed E-state index contributed by atoms with van der Waals surface area (Å²) >= 11 is 1.51. The van der Waals surface area contributed by atoms with Crippen LogP contribution in [0.3, 0.4) is 0 Å². The maximum absolute atomic E-state index is 14.1. The number of thioether (sulfide) groups is 1. The zero-order valence-corrected chi connectivity index (χ0v) is 11.9. The number of fused-ring (bicyclic) bond motifs is 1. The molecule has 0 saturated carbocycles. The minimum atomic E-state index is -1.15. The normalized spacial score (nSPS) is 24.9. The lowest BCUT2D eigenvalue weighted by Gasteiger charge is -2.23. The Bertz CT molecular complexity index is 674. The van der Waals surface area contributed by atoms with Crippen molar-refractivity contribution >= 4 is 11.8 Å². The van der Waals surface area contributed by atoms with Crippen LogP contribution in [0, 0.1) is 5.82 Å². The van der Waals surface area contributed by atoms with Crippen molar-refractivity contribution in [1.82, 2.24) is 14.8 Å². The lowest BCUT2D eigenvalue weighted by Crippen LogP contribution is -2.30. The molecule has 2 aromatic rings. The molecule has 0 spiro atoms. The average Bonchev–Trinajstić information content (AvgIpc) is 2.95. The second kappa shape index (κ2) is 5.06. The van der Waals surface area contributed by atoms with Gasteiger partial charge in [-0.25, -0.2) is 18.4 Å². The fourth-order valence-electron chi connectivity index (χ4n) is 2.63. The molecule has 3 heterocycles. The van der Waals surface area contributed by atoms with Crippen LogP contribution in [0.2, 0.25) is 0 Å². The van der Waals surface area contributed by atoms with Crippen molar-refractivity contribution < 1.29 is 13.5 Å². The van der Waals surface area contributed by atoms with Gasteiger partial charge in [0.2, 0.25) is 5.16 Å². The maximum Gasteiger partial charge on any atom is 0.209 e. The third-order valence-corrected chi connectivity index (χ3v) is 4.75. The molecule has 110 valence electrons. The molecule has 7 heteroatoms. The lowest BCUT2D eigenvalue weighted by atomic mass is 10.0. The van der Waals surface area contributed by atoms with Crippen molar-refractivity contribution in [3.8, 4) is 0 Å². The van der Waals surface area contributed by atoms with Crippen molar-refractivity contribution in [3.05, 3.63) is 41.5 Å². The minimum absolute atomic E-state index is 0.260. The lowest BCUT2D eigenvalue weighted by molar-refractivity contribution is 0.0454. The molecule has 2 aliphatic heterocycles. The monoisotopic (exact) mass is 309 g/mol. The Labute approximate surface area is 124 Å². The number of nitrogens with zero attached hydrogens (tertiary/aromatic N) is 3. The van der Waals surface area contributed by atoms with Crippen LogP contribution in [0.5, 0.6) is 0 Å². The van der Waals surface area contributed by atoms with Crippen LogP contribution in [-0.4, -0.2) is 33.2 Å². The van der Waals surface area contributed by atoms with E-state index >= 15 is 0 Å². The fraction of sp³-hybridized carbons (Fsp3) is 0.429. The quantitative estimate of drug-likeness (QED) is 0.874. The first-order chi connectivity index (χ1) is 10.2. The zero-order valence-electron chi connectivity index (χ0n) is 11.1. The molecule has 0 N–H and O–H groups in total. The molecule has 2 aliphatic rings. The first-order valence-corrected chi connectivity index (χ1v) is 7.69. The first-order valence-electron chi connectivity index (χ1n) is 6.81. The second-order valence-electron chi connectivity index (χ2n) is 5.25. The van der Waals surface area contributed by atoms with Crippen LogP contribution < -0.4 is 0 Å². The van der Waals surface area contributed by atoms with Gasteiger partial charge in [0.05, 0.1) is 24.5 Å². The highest BCUT2D eigenvalue weighted by Crippen LogP contribution is 2.40. The molecule has 21 heavy (non-hydrogen) atoms. The molecule has 0 amide bonds. The first kappa shape index (κ1) is 13.2. The van der Waals surface area contributed by atoms with E-state index in [1.165, 1.54) is 23.9 Å². The standard InChI is InChI=1S/C14H13F2N3OS/c15-9-3-1-2-8(4-9)12-5-11(16)13-17-14(18-19(12)13)21-10-6-20-7-10/h1-4,10-12H,5-7H2. The van der Waals surface area contributed by atoms with Gasteiger partial charge in [-0.05, 0) is 17.7 Å². The van der Waals surface area contributed by atoms with Crippen LogP contribution >= 0.6 is 11.8 Å². The molecule has 4 rings (SSSR count). The third kappa shape index (κ3) is 2.34. The smallest absolute Gasteiger partial charge is 0.209 e. The van der Waals surface area contributed by atoms with Crippen LogP contribution in [-0.2, 0) is 4.74 Å². The predicted octanol–water partition coefficient (Wildman–Crippen LogP) is 2.91. The third-order valence-electron chi connectivity index (χ3n) is 3.76. The van der Waals surface area contributed by atoms with Gasteiger partial charge in [0.1, 0.15) is 5.82 Å². The average molecular weight is 309 g/mol. The van der Waals surface area contributed by atoms with Gasteiger partial charge in [-0.1, -0.05) is 23.9 Å². The van der Waals surface area contributed by atoms with Crippen LogP contribution in [0.4, 0.5) is 8.78 Å². The summed E-state index contributed by atoms with van der Waals surface area (Å²) in [5.74, 6) is 0.0182. The van der Waals surface area contributed by atoms with Gasteiger partial charge in [-0.3, -0.25) is 0 Å². The van der Waals surface area contributed by atoms with Crippen molar-refractivity contribution in [2.75, 3.05) is 13.2 Å². The summed E-state index contributed by atoms with van der Waals surface area (Å²) in [6, 6.07) is 5.95. The van der Waals surface area contributed by atoms with E-state index in [-0.39, 0.29) is 18.3 Å². The molecule has 0 radical (unpaired) electrons. The van der Waals surface area contributed by atoms with Gasteiger partial charge in [0, 0.05) is 6.42 Å². The summed E-state index contributed by atoms with van der Waals surface area (Å²) in [6.07, 6.45) is -0.895. The van der Waals surface area contributed by atoms with E-state index in [0.29, 0.717) is 29.4 Å². The van der Waals surface area contributed by atoms with Crippen molar-refractivity contribution in [2.45, 2.75) is 29.0 Å². The Hall–Kier alpha value is -1.47. The summed E-state index contributed by atoms with van der Waals surface area (Å²) in [7, 11) is 0. The number of ether oxygens (including phenoxy) is 1. The maximum atomic E-state index is 14.1. The number of hydrogen-bond donors (Lipinski definition) is 0. The van der Waals surface area contributed by atoms with E-state index in [4.69, 9.17) is 4.74 Å². The molecular weight excluding hydrogens is 296 g/mol. The van der Waals surface area contributed by atoms with Crippen molar-refractivity contribution in [3.63, 3.8) is 0 Å². The predicted molar refractivity (Wildman–Crippen MR) is 73.5 cm³/mol. The Morgan fingerprint density at radius 1 is 1.33 bits per heavy atom. The summed E-state index contributed by atoms with van der Waals surface area (Å²) in [4.78, 5) is 4.28. The minimum Gasteiger partial charge on any atom is -0.379 e. The summed E-state index contributed by atoms with van der Waals surface area (Å²) in [5.41, 5.74) is 0.727. The van der Waals surface area contributed by atoms with E-state index in [1.807, 2.05) is 0 Å². The number of alkyl halides is 1. The van der Waals surface area contributed by atoms with Crippen LogP contribution in [0.1, 0.15) is 30.0 Å². The van der Waals surface area contributed by atoms with Gasteiger partial charge in [-0.2, -0.15) is 0 Å². The Balaban J connectivity index is 1.64. The molecule has 1 aromatic carbocycles. The Morgan fingerprint density at radius 3 is 2.90 bits per heavy atom. The van der Waals surface area contributed by atoms with E-state index < -0.39 is 6.17 Å².